The lowest BCUT2D eigenvalue weighted by molar-refractivity contribution is -0.141. The molecule has 1 saturated heterocycles. The van der Waals surface area contributed by atoms with Gasteiger partial charge in [-0.15, -0.1) is 0 Å². The summed E-state index contributed by atoms with van der Waals surface area (Å²) in [6.07, 6.45) is 3.91. The highest BCUT2D eigenvalue weighted by molar-refractivity contribution is 7.87. The first-order chi connectivity index (χ1) is 9.72. The van der Waals surface area contributed by atoms with E-state index in [2.05, 4.69) is 11.6 Å². The van der Waals surface area contributed by atoms with Gasteiger partial charge in [-0.25, -0.2) is 0 Å². The van der Waals surface area contributed by atoms with Crippen molar-refractivity contribution in [2.24, 2.45) is 11.8 Å². The molecule has 6 nitrogen and oxygen atoms in total. The third-order valence-electron chi connectivity index (χ3n) is 4.01. The van der Waals surface area contributed by atoms with Crippen molar-refractivity contribution in [1.82, 2.24) is 9.03 Å². The molecule has 124 valence electrons. The molecule has 0 amide bonds. The molecule has 0 spiro atoms. The van der Waals surface area contributed by atoms with E-state index in [1.54, 1.807) is 6.92 Å². The van der Waals surface area contributed by atoms with Crippen molar-refractivity contribution in [2.45, 2.75) is 58.9 Å². The van der Waals surface area contributed by atoms with Gasteiger partial charge in [0.05, 0.1) is 5.92 Å². The highest BCUT2D eigenvalue weighted by atomic mass is 32.2. The summed E-state index contributed by atoms with van der Waals surface area (Å²) in [5, 5.41) is 8.81. The van der Waals surface area contributed by atoms with E-state index in [1.807, 2.05) is 6.92 Å². The molecule has 1 heterocycles. The Morgan fingerprint density at radius 3 is 2.62 bits per heavy atom. The Labute approximate surface area is 128 Å². The number of piperidine rings is 1. The van der Waals surface area contributed by atoms with Gasteiger partial charge in [-0.1, -0.05) is 20.3 Å². The van der Waals surface area contributed by atoms with Crippen molar-refractivity contribution >= 4 is 16.2 Å². The van der Waals surface area contributed by atoms with Gasteiger partial charge in [0, 0.05) is 19.1 Å². The number of nitrogens with one attached hydrogen (secondary N) is 1. The number of aliphatic carboxylic acids is 1. The number of hydrogen-bond acceptors (Lipinski definition) is 3. The molecule has 21 heavy (non-hydrogen) atoms. The second kappa shape index (κ2) is 8.10. The monoisotopic (exact) mass is 320 g/mol. The summed E-state index contributed by atoms with van der Waals surface area (Å²) >= 11 is 0. The number of nitrogens with zero attached hydrogens (tertiary/aromatic N) is 1. The summed E-state index contributed by atoms with van der Waals surface area (Å²) in [7, 11) is -3.42. The lowest BCUT2D eigenvalue weighted by atomic mass is 10.0. The van der Waals surface area contributed by atoms with Crippen LogP contribution in [0.5, 0.6) is 0 Å². The molecule has 3 unspecified atom stereocenters. The summed E-state index contributed by atoms with van der Waals surface area (Å²) < 4.78 is 28.8. The molecule has 0 aromatic carbocycles. The Morgan fingerprint density at radius 2 is 2.05 bits per heavy atom. The van der Waals surface area contributed by atoms with Gasteiger partial charge >= 0.3 is 5.97 Å². The van der Waals surface area contributed by atoms with Gasteiger partial charge in [-0.3, -0.25) is 4.79 Å². The summed E-state index contributed by atoms with van der Waals surface area (Å²) in [4.78, 5) is 10.7. The fraction of sp³-hybridized carbons (Fsp3) is 0.929. The Hall–Kier alpha value is -0.660. The normalized spacial score (nSPS) is 23.7. The molecule has 2 N–H and O–H groups in total. The molecule has 0 saturated carbocycles. The average Bonchev–Trinajstić information content (AvgIpc) is 2.37. The van der Waals surface area contributed by atoms with Crippen molar-refractivity contribution in [1.29, 1.82) is 0 Å². The molecular weight excluding hydrogens is 292 g/mol. The van der Waals surface area contributed by atoms with Gasteiger partial charge in [0.25, 0.3) is 10.2 Å². The average molecular weight is 320 g/mol. The SMILES string of the molecule is CC1CCCN(S(=O)(=O)NC(C)CCCC(C)C(=O)O)C1. The molecule has 1 aliphatic heterocycles. The maximum absolute atomic E-state index is 12.3. The lowest BCUT2D eigenvalue weighted by Gasteiger charge is -2.31. The van der Waals surface area contributed by atoms with Crippen LogP contribution in [0.3, 0.4) is 0 Å². The molecule has 1 fully saturated rings. The van der Waals surface area contributed by atoms with E-state index in [-0.39, 0.29) is 12.0 Å². The van der Waals surface area contributed by atoms with Gasteiger partial charge in [0.1, 0.15) is 0 Å². The van der Waals surface area contributed by atoms with E-state index in [0.29, 0.717) is 38.3 Å². The maximum Gasteiger partial charge on any atom is 0.306 e. The molecular formula is C14H28N2O4S. The van der Waals surface area contributed by atoms with Crippen LogP contribution in [0.2, 0.25) is 0 Å². The Morgan fingerprint density at radius 1 is 1.38 bits per heavy atom. The first kappa shape index (κ1) is 18.4. The molecule has 0 bridgehead atoms. The zero-order valence-corrected chi connectivity index (χ0v) is 14.0. The van der Waals surface area contributed by atoms with Crippen LogP contribution in [-0.2, 0) is 15.0 Å². The molecule has 3 atom stereocenters. The third kappa shape index (κ3) is 6.32. The van der Waals surface area contributed by atoms with Crippen molar-refractivity contribution in [3.63, 3.8) is 0 Å². The highest BCUT2D eigenvalue weighted by Gasteiger charge is 2.27. The molecule has 0 aliphatic carbocycles. The van der Waals surface area contributed by atoms with Crippen LogP contribution >= 0.6 is 0 Å². The molecule has 1 rings (SSSR count). The minimum absolute atomic E-state index is 0.173. The zero-order chi connectivity index (χ0) is 16.0. The predicted molar refractivity (Wildman–Crippen MR) is 82.1 cm³/mol. The first-order valence-electron chi connectivity index (χ1n) is 7.72. The van der Waals surface area contributed by atoms with Gasteiger partial charge in [-0.05, 0) is 38.5 Å². The number of carboxylic acids is 1. The lowest BCUT2D eigenvalue weighted by Crippen LogP contribution is -2.48. The summed E-state index contributed by atoms with van der Waals surface area (Å²) in [6.45, 7) is 6.74. The molecule has 0 aromatic rings. The van der Waals surface area contributed by atoms with Crippen molar-refractivity contribution < 1.29 is 18.3 Å². The summed E-state index contributed by atoms with van der Waals surface area (Å²) in [5.41, 5.74) is 0. The number of carbonyl (C=O) groups is 1. The topological polar surface area (TPSA) is 86.7 Å². The number of rotatable bonds is 8. The number of hydrogen-bond donors (Lipinski definition) is 2. The second-order valence-corrected chi connectivity index (χ2v) is 8.00. The van der Waals surface area contributed by atoms with E-state index >= 15 is 0 Å². The van der Waals surface area contributed by atoms with Crippen molar-refractivity contribution in [2.75, 3.05) is 13.1 Å². The van der Waals surface area contributed by atoms with Crippen LogP contribution in [0.25, 0.3) is 0 Å². The summed E-state index contributed by atoms with van der Waals surface area (Å²) in [6, 6.07) is -0.173. The molecule has 7 heteroatoms. The minimum atomic E-state index is -3.42. The van der Waals surface area contributed by atoms with Crippen molar-refractivity contribution in [3.8, 4) is 0 Å². The van der Waals surface area contributed by atoms with E-state index in [4.69, 9.17) is 5.11 Å². The van der Waals surface area contributed by atoms with Gasteiger partial charge < -0.3 is 5.11 Å². The fourth-order valence-corrected chi connectivity index (χ4v) is 4.20. The van der Waals surface area contributed by atoms with Gasteiger partial charge in [0.2, 0.25) is 0 Å². The predicted octanol–water partition coefficient (Wildman–Crippen LogP) is 1.83. The molecule has 0 aromatic heterocycles. The Kier molecular flexibility index (Phi) is 7.09. The Balaban J connectivity index is 2.38. The van der Waals surface area contributed by atoms with E-state index < -0.39 is 16.2 Å². The largest absolute Gasteiger partial charge is 0.481 e. The van der Waals surface area contributed by atoms with Crippen LogP contribution in [-0.4, -0.2) is 42.9 Å². The Bertz CT molecular complexity index is 438. The number of carboxylic acid groups (broad SMARTS) is 1. The standard InChI is InChI=1S/C14H28N2O4S/c1-11-6-5-9-16(10-11)21(19,20)15-13(3)8-4-7-12(2)14(17)18/h11-13,15H,4-10H2,1-3H3,(H,17,18). The van der Waals surface area contributed by atoms with E-state index in [9.17, 15) is 13.2 Å². The van der Waals surface area contributed by atoms with Gasteiger partial charge in [0.15, 0.2) is 0 Å². The summed E-state index contributed by atoms with van der Waals surface area (Å²) in [5.74, 6) is -0.774. The minimum Gasteiger partial charge on any atom is -0.481 e. The van der Waals surface area contributed by atoms with Gasteiger partial charge in [-0.2, -0.15) is 17.4 Å². The smallest absolute Gasteiger partial charge is 0.306 e. The molecule has 1 aliphatic rings. The van der Waals surface area contributed by atoms with E-state index in [0.717, 1.165) is 12.8 Å². The van der Waals surface area contributed by atoms with Crippen LogP contribution in [0.4, 0.5) is 0 Å². The third-order valence-corrected chi connectivity index (χ3v) is 5.72. The van der Waals surface area contributed by atoms with Crippen LogP contribution in [0.1, 0.15) is 52.9 Å². The van der Waals surface area contributed by atoms with Crippen LogP contribution in [0, 0.1) is 11.8 Å². The zero-order valence-electron chi connectivity index (χ0n) is 13.2. The molecule has 0 radical (unpaired) electrons. The van der Waals surface area contributed by atoms with E-state index in [1.165, 1.54) is 4.31 Å². The maximum atomic E-state index is 12.3. The van der Waals surface area contributed by atoms with Crippen LogP contribution < -0.4 is 4.72 Å². The highest BCUT2D eigenvalue weighted by Crippen LogP contribution is 2.18. The fourth-order valence-electron chi connectivity index (χ4n) is 2.61. The van der Waals surface area contributed by atoms with Crippen molar-refractivity contribution in [3.05, 3.63) is 0 Å². The first-order valence-corrected chi connectivity index (χ1v) is 9.16. The second-order valence-electron chi connectivity index (χ2n) is 6.30. The quantitative estimate of drug-likeness (QED) is 0.714. The van der Waals surface area contributed by atoms with Crippen LogP contribution in [0.15, 0.2) is 0 Å².